The zero-order valence-corrected chi connectivity index (χ0v) is 16.6. The number of hydrogen-bond donors (Lipinski definition) is 0. The van der Waals surface area contributed by atoms with Gasteiger partial charge in [0.2, 0.25) is 0 Å². The van der Waals surface area contributed by atoms with Crippen molar-refractivity contribution >= 4 is 10.8 Å². The molecule has 0 amide bonds. The summed E-state index contributed by atoms with van der Waals surface area (Å²) in [5, 5.41) is 0.839. The van der Waals surface area contributed by atoms with Crippen LogP contribution < -0.4 is 4.74 Å². The molecule has 4 heteroatoms. The quantitative estimate of drug-likeness (QED) is 0.540. The molecule has 0 aromatic heterocycles. The number of alkyl halides is 3. The lowest BCUT2D eigenvalue weighted by molar-refractivity contribution is -0.138. The molecule has 148 valence electrons. The molecule has 27 heavy (non-hydrogen) atoms. The molecule has 0 unspecified atom stereocenters. The van der Waals surface area contributed by atoms with Gasteiger partial charge in [-0.05, 0) is 65.8 Å². The minimum Gasteiger partial charge on any atom is -0.490 e. The first kappa shape index (κ1) is 20.0. The Kier molecular flexibility index (Phi) is 5.47. The highest BCUT2D eigenvalue weighted by molar-refractivity contribution is 5.89. The van der Waals surface area contributed by atoms with E-state index in [1.54, 1.807) is 18.2 Å². The Labute approximate surface area is 159 Å². The highest BCUT2D eigenvalue weighted by Gasteiger charge is 2.38. The van der Waals surface area contributed by atoms with Crippen LogP contribution >= 0.6 is 0 Å². The van der Waals surface area contributed by atoms with Crippen LogP contribution in [0.2, 0.25) is 0 Å². The van der Waals surface area contributed by atoms with Crippen LogP contribution in [0.1, 0.15) is 64.5 Å². The summed E-state index contributed by atoms with van der Waals surface area (Å²) in [6, 6.07) is 8.44. The number of rotatable bonds is 3. The van der Waals surface area contributed by atoms with Crippen molar-refractivity contribution in [2.45, 2.75) is 72.1 Å². The molecule has 0 N–H and O–H groups in total. The second kappa shape index (κ2) is 7.37. The van der Waals surface area contributed by atoms with Gasteiger partial charge in [0.05, 0.1) is 6.10 Å². The minimum atomic E-state index is -4.44. The van der Waals surface area contributed by atoms with E-state index in [0.717, 1.165) is 37.7 Å². The van der Waals surface area contributed by atoms with Gasteiger partial charge in [-0.2, -0.15) is 13.2 Å². The number of halogens is 3. The SMILES string of the molecule is CCc1ccc2c(C(F)(F)F)c(OC3CCC(C(C)(C)C)CC3)ccc2c1. The van der Waals surface area contributed by atoms with E-state index < -0.39 is 11.7 Å². The van der Waals surface area contributed by atoms with E-state index in [1.807, 2.05) is 13.0 Å². The fourth-order valence-corrected chi connectivity index (χ4v) is 4.20. The highest BCUT2D eigenvalue weighted by Crippen LogP contribution is 2.44. The van der Waals surface area contributed by atoms with Crippen molar-refractivity contribution in [2.75, 3.05) is 0 Å². The molecule has 0 atom stereocenters. The van der Waals surface area contributed by atoms with Crippen molar-refractivity contribution in [2.24, 2.45) is 11.3 Å². The summed E-state index contributed by atoms with van der Waals surface area (Å²) in [5.41, 5.74) is 0.632. The Bertz CT molecular complexity index is 794. The van der Waals surface area contributed by atoms with Gasteiger partial charge in [0.1, 0.15) is 11.3 Å². The lowest BCUT2D eigenvalue weighted by atomic mass is 9.72. The predicted octanol–water partition coefficient (Wildman–Crippen LogP) is 7.40. The number of hydrogen-bond acceptors (Lipinski definition) is 1. The van der Waals surface area contributed by atoms with Gasteiger partial charge < -0.3 is 4.74 Å². The first-order valence-electron chi connectivity index (χ1n) is 9.89. The largest absolute Gasteiger partial charge is 0.490 e. The molecule has 1 fully saturated rings. The molecule has 3 rings (SSSR count). The molecule has 2 aromatic rings. The molecule has 1 saturated carbocycles. The van der Waals surface area contributed by atoms with E-state index in [1.165, 1.54) is 6.07 Å². The summed E-state index contributed by atoms with van der Waals surface area (Å²) in [4.78, 5) is 0. The van der Waals surface area contributed by atoms with Gasteiger partial charge in [0.15, 0.2) is 0 Å². The van der Waals surface area contributed by atoms with Gasteiger partial charge in [-0.25, -0.2) is 0 Å². The minimum absolute atomic E-state index is 0.0292. The monoisotopic (exact) mass is 378 g/mol. The molecule has 0 spiro atoms. The summed E-state index contributed by atoms with van der Waals surface area (Å²) in [5.74, 6) is 0.571. The van der Waals surface area contributed by atoms with Crippen LogP contribution in [0, 0.1) is 11.3 Å². The van der Waals surface area contributed by atoms with Crippen LogP contribution in [0.5, 0.6) is 5.75 Å². The predicted molar refractivity (Wildman–Crippen MR) is 104 cm³/mol. The molecule has 2 aromatic carbocycles. The van der Waals surface area contributed by atoms with Crippen LogP contribution in [-0.4, -0.2) is 6.10 Å². The summed E-state index contributed by atoms with van der Waals surface area (Å²) >= 11 is 0. The highest BCUT2D eigenvalue weighted by atomic mass is 19.4. The lowest BCUT2D eigenvalue weighted by Gasteiger charge is -2.37. The maximum absolute atomic E-state index is 13.9. The molecule has 1 aliphatic carbocycles. The molecule has 1 aliphatic rings. The third-order valence-corrected chi connectivity index (χ3v) is 5.93. The number of benzene rings is 2. The van der Waals surface area contributed by atoms with Gasteiger partial charge in [-0.15, -0.1) is 0 Å². The molecule has 0 heterocycles. The molecule has 0 radical (unpaired) electrons. The van der Waals surface area contributed by atoms with Gasteiger partial charge in [-0.1, -0.05) is 52.0 Å². The summed E-state index contributed by atoms with van der Waals surface area (Å²) < 4.78 is 47.5. The van der Waals surface area contributed by atoms with E-state index in [4.69, 9.17) is 4.74 Å². The van der Waals surface area contributed by atoms with E-state index in [9.17, 15) is 13.2 Å². The second-order valence-electron chi connectivity index (χ2n) is 8.80. The smallest absolute Gasteiger partial charge is 0.420 e. The van der Waals surface area contributed by atoms with Gasteiger partial charge in [0, 0.05) is 0 Å². The van der Waals surface area contributed by atoms with Crippen LogP contribution in [0.3, 0.4) is 0 Å². The first-order chi connectivity index (χ1) is 12.6. The van der Waals surface area contributed by atoms with Crippen molar-refractivity contribution in [1.29, 1.82) is 0 Å². The maximum atomic E-state index is 13.9. The van der Waals surface area contributed by atoms with Crippen molar-refractivity contribution in [3.8, 4) is 5.75 Å². The van der Waals surface area contributed by atoms with Crippen LogP contribution in [-0.2, 0) is 12.6 Å². The van der Waals surface area contributed by atoms with Crippen molar-refractivity contribution in [1.82, 2.24) is 0 Å². The Morgan fingerprint density at radius 2 is 1.63 bits per heavy atom. The topological polar surface area (TPSA) is 9.23 Å². The third kappa shape index (κ3) is 4.41. The average molecular weight is 378 g/mol. The Morgan fingerprint density at radius 3 is 2.19 bits per heavy atom. The molecule has 0 bridgehead atoms. The molecule has 0 saturated heterocycles. The third-order valence-electron chi connectivity index (χ3n) is 5.93. The van der Waals surface area contributed by atoms with Crippen molar-refractivity contribution in [3.05, 3.63) is 41.5 Å². The lowest BCUT2D eigenvalue weighted by Crippen LogP contribution is -2.31. The number of ether oxygens (including phenoxy) is 1. The van der Waals surface area contributed by atoms with E-state index in [-0.39, 0.29) is 22.7 Å². The number of aryl methyl sites for hydroxylation is 1. The summed E-state index contributed by atoms with van der Waals surface area (Å²) in [6.07, 6.45) is -0.154. The fraction of sp³-hybridized carbons (Fsp3) is 0.565. The summed E-state index contributed by atoms with van der Waals surface area (Å²) in [6.45, 7) is 8.69. The first-order valence-corrected chi connectivity index (χ1v) is 9.89. The second-order valence-corrected chi connectivity index (χ2v) is 8.80. The summed E-state index contributed by atoms with van der Waals surface area (Å²) in [7, 11) is 0. The number of fused-ring (bicyclic) bond motifs is 1. The molecule has 0 aliphatic heterocycles. The van der Waals surface area contributed by atoms with Gasteiger partial charge in [-0.3, -0.25) is 0 Å². The van der Waals surface area contributed by atoms with Crippen LogP contribution in [0.25, 0.3) is 10.8 Å². The van der Waals surface area contributed by atoms with E-state index >= 15 is 0 Å². The van der Waals surface area contributed by atoms with Gasteiger partial charge >= 0.3 is 6.18 Å². The molecule has 1 nitrogen and oxygen atoms in total. The van der Waals surface area contributed by atoms with Crippen LogP contribution in [0.15, 0.2) is 30.3 Å². The van der Waals surface area contributed by atoms with Crippen molar-refractivity contribution in [3.63, 3.8) is 0 Å². The normalized spacial score (nSPS) is 21.4. The Hall–Kier alpha value is -1.71. The molecular weight excluding hydrogens is 349 g/mol. The zero-order chi connectivity index (χ0) is 19.8. The Morgan fingerprint density at radius 1 is 0.963 bits per heavy atom. The van der Waals surface area contributed by atoms with Crippen molar-refractivity contribution < 1.29 is 17.9 Å². The average Bonchev–Trinajstić information content (AvgIpc) is 2.59. The van der Waals surface area contributed by atoms with Gasteiger partial charge in [0.25, 0.3) is 0 Å². The standard InChI is InChI=1S/C23H29F3O/c1-5-15-6-12-19-16(14-15)7-13-20(21(19)23(24,25)26)27-18-10-8-17(9-11-18)22(2,3)4/h6-7,12-14,17-18H,5,8-11H2,1-4H3. The maximum Gasteiger partial charge on any atom is 0.420 e. The van der Waals surface area contributed by atoms with E-state index in [2.05, 4.69) is 20.8 Å². The van der Waals surface area contributed by atoms with Crippen LogP contribution in [0.4, 0.5) is 13.2 Å². The Balaban J connectivity index is 1.89. The van der Waals surface area contributed by atoms with E-state index in [0.29, 0.717) is 11.3 Å². The fourth-order valence-electron chi connectivity index (χ4n) is 4.20. The molecular formula is C23H29F3O. The zero-order valence-electron chi connectivity index (χ0n) is 16.6.